The van der Waals surface area contributed by atoms with Crippen molar-refractivity contribution in [3.8, 4) is 11.5 Å². The number of amides is 1. The van der Waals surface area contributed by atoms with Crippen molar-refractivity contribution in [1.82, 2.24) is 0 Å². The van der Waals surface area contributed by atoms with Crippen molar-refractivity contribution in [3.63, 3.8) is 0 Å². The van der Waals surface area contributed by atoms with E-state index in [0.717, 1.165) is 28.6 Å². The zero-order valence-electron chi connectivity index (χ0n) is 17.0. The minimum atomic E-state index is -0.123. The first-order valence-electron chi connectivity index (χ1n) is 9.88. The summed E-state index contributed by atoms with van der Waals surface area (Å²) in [7, 11) is 1.62. The zero-order valence-corrected chi connectivity index (χ0v) is 20.2. The molecule has 0 N–H and O–H groups in total. The number of thioether (sulfide) groups is 1. The third kappa shape index (κ3) is 5.65. The fourth-order valence-electron chi connectivity index (χ4n) is 3.04. The molecule has 0 radical (unpaired) electrons. The molecule has 0 aliphatic carbocycles. The van der Waals surface area contributed by atoms with E-state index in [0.29, 0.717) is 27.3 Å². The Bertz CT molecular complexity index is 944. The monoisotopic (exact) mass is 505 g/mol. The van der Waals surface area contributed by atoms with E-state index in [1.807, 2.05) is 48.5 Å². The van der Waals surface area contributed by atoms with E-state index in [1.54, 1.807) is 12.0 Å². The lowest BCUT2D eigenvalue weighted by Crippen LogP contribution is -2.27. The van der Waals surface area contributed by atoms with Crippen LogP contribution in [0.15, 0.2) is 51.8 Å². The number of benzene rings is 2. The molecule has 2 aromatic rings. The van der Waals surface area contributed by atoms with Gasteiger partial charge in [-0.05, 0) is 54.5 Å². The summed E-state index contributed by atoms with van der Waals surface area (Å²) in [6.07, 6.45) is 6.45. The number of rotatable bonds is 9. The van der Waals surface area contributed by atoms with Crippen LogP contribution in [0.1, 0.15) is 38.2 Å². The molecule has 2 aromatic carbocycles. The number of anilines is 1. The average Bonchev–Trinajstić information content (AvgIpc) is 3.02. The van der Waals surface area contributed by atoms with Crippen molar-refractivity contribution in [2.45, 2.75) is 32.6 Å². The lowest BCUT2D eigenvalue weighted by molar-refractivity contribution is -0.113. The second-order valence-corrected chi connectivity index (χ2v) is 9.40. The minimum Gasteiger partial charge on any atom is -0.493 e. The van der Waals surface area contributed by atoms with Crippen LogP contribution < -0.4 is 14.4 Å². The number of unbranched alkanes of at least 4 members (excludes halogenated alkanes) is 3. The molecule has 1 aliphatic rings. The van der Waals surface area contributed by atoms with Gasteiger partial charge in [-0.1, -0.05) is 72.2 Å². The molecule has 1 fully saturated rings. The summed E-state index contributed by atoms with van der Waals surface area (Å²) in [4.78, 5) is 15.1. The number of carbonyl (C=O) groups is 1. The van der Waals surface area contributed by atoms with Gasteiger partial charge >= 0.3 is 0 Å². The molecule has 0 atom stereocenters. The van der Waals surface area contributed by atoms with Gasteiger partial charge in [0, 0.05) is 4.47 Å². The molecular weight excluding hydrogens is 482 g/mol. The van der Waals surface area contributed by atoms with Crippen LogP contribution in [0.25, 0.3) is 6.08 Å². The number of nitrogens with zero attached hydrogens (tertiary/aromatic N) is 1. The molecule has 0 saturated carbocycles. The van der Waals surface area contributed by atoms with Gasteiger partial charge in [0.15, 0.2) is 15.8 Å². The highest BCUT2D eigenvalue weighted by molar-refractivity contribution is 9.10. The van der Waals surface area contributed by atoms with Gasteiger partial charge in [0.25, 0.3) is 5.91 Å². The Labute approximate surface area is 195 Å². The van der Waals surface area contributed by atoms with Crippen LogP contribution in [0.5, 0.6) is 11.5 Å². The van der Waals surface area contributed by atoms with Crippen LogP contribution in [0, 0.1) is 0 Å². The van der Waals surface area contributed by atoms with E-state index in [2.05, 4.69) is 22.9 Å². The van der Waals surface area contributed by atoms with E-state index in [9.17, 15) is 4.79 Å². The number of methoxy groups -OCH3 is 1. The topological polar surface area (TPSA) is 38.8 Å². The van der Waals surface area contributed by atoms with E-state index >= 15 is 0 Å². The highest BCUT2D eigenvalue weighted by atomic mass is 79.9. The van der Waals surface area contributed by atoms with Crippen molar-refractivity contribution in [3.05, 3.63) is 57.4 Å². The summed E-state index contributed by atoms with van der Waals surface area (Å²) in [5, 5.41) is 0. The van der Waals surface area contributed by atoms with Gasteiger partial charge in [-0.15, -0.1) is 0 Å². The van der Waals surface area contributed by atoms with Crippen molar-refractivity contribution in [2.75, 3.05) is 18.6 Å². The summed E-state index contributed by atoms with van der Waals surface area (Å²) in [6.45, 7) is 2.86. The first-order valence-corrected chi connectivity index (χ1v) is 11.9. The Morgan fingerprint density at radius 1 is 1.10 bits per heavy atom. The van der Waals surface area contributed by atoms with Gasteiger partial charge in [0.1, 0.15) is 0 Å². The van der Waals surface area contributed by atoms with E-state index in [4.69, 9.17) is 21.7 Å². The van der Waals surface area contributed by atoms with Gasteiger partial charge in [-0.25, -0.2) is 0 Å². The molecule has 158 valence electrons. The van der Waals surface area contributed by atoms with Crippen LogP contribution in [0.2, 0.25) is 0 Å². The summed E-state index contributed by atoms with van der Waals surface area (Å²) in [5.41, 5.74) is 1.62. The summed E-state index contributed by atoms with van der Waals surface area (Å²) >= 11 is 10.2. The van der Waals surface area contributed by atoms with Crippen molar-refractivity contribution < 1.29 is 14.3 Å². The number of thiocarbonyl (C=S) groups is 1. The Hall–Kier alpha value is -1.83. The maximum atomic E-state index is 12.9. The maximum absolute atomic E-state index is 12.9. The third-order valence-corrected chi connectivity index (χ3v) is 6.45. The number of hydrogen-bond acceptors (Lipinski definition) is 5. The largest absolute Gasteiger partial charge is 0.493 e. The first-order chi connectivity index (χ1) is 14.5. The predicted molar refractivity (Wildman–Crippen MR) is 132 cm³/mol. The summed E-state index contributed by atoms with van der Waals surface area (Å²) in [5.74, 6) is 1.25. The normalized spacial score (nSPS) is 15.2. The minimum absolute atomic E-state index is 0.123. The average molecular weight is 506 g/mol. The highest BCUT2D eigenvalue weighted by Crippen LogP contribution is 2.37. The lowest BCUT2D eigenvalue weighted by atomic mass is 10.1. The third-order valence-electron chi connectivity index (χ3n) is 4.62. The molecule has 3 rings (SSSR count). The summed E-state index contributed by atoms with van der Waals surface area (Å²) in [6, 6.07) is 13.2. The highest BCUT2D eigenvalue weighted by Gasteiger charge is 2.33. The van der Waals surface area contributed by atoms with Gasteiger partial charge < -0.3 is 9.47 Å². The second-order valence-electron chi connectivity index (χ2n) is 6.81. The SMILES string of the molecule is CCCCCCOc1ccc(/C=C2\SC(=S)N(c3ccc(Br)cc3)C2=O)cc1OC. The molecule has 1 amide bonds. The molecule has 0 bridgehead atoms. The Morgan fingerprint density at radius 2 is 1.87 bits per heavy atom. The molecular formula is C23H24BrNO3S2. The van der Waals surface area contributed by atoms with Crippen LogP contribution >= 0.6 is 39.9 Å². The molecule has 30 heavy (non-hydrogen) atoms. The zero-order chi connectivity index (χ0) is 21.5. The summed E-state index contributed by atoms with van der Waals surface area (Å²) < 4.78 is 12.8. The fourth-order valence-corrected chi connectivity index (χ4v) is 4.60. The molecule has 1 aliphatic heterocycles. The number of ether oxygens (including phenoxy) is 2. The van der Waals surface area contributed by atoms with Gasteiger partial charge in [-0.3, -0.25) is 9.69 Å². The molecule has 4 nitrogen and oxygen atoms in total. The van der Waals surface area contributed by atoms with Gasteiger partial charge in [0.2, 0.25) is 0 Å². The fraction of sp³-hybridized carbons (Fsp3) is 0.304. The van der Waals surface area contributed by atoms with Gasteiger partial charge in [0.05, 0.1) is 24.3 Å². The lowest BCUT2D eigenvalue weighted by Gasteiger charge is -2.14. The van der Waals surface area contributed by atoms with Crippen LogP contribution in [-0.4, -0.2) is 23.9 Å². The van der Waals surface area contributed by atoms with Crippen LogP contribution in [0.4, 0.5) is 5.69 Å². The molecule has 1 heterocycles. The molecule has 1 saturated heterocycles. The quantitative estimate of drug-likeness (QED) is 0.212. The van der Waals surface area contributed by atoms with Crippen LogP contribution in [0.3, 0.4) is 0 Å². The molecule has 0 unspecified atom stereocenters. The Morgan fingerprint density at radius 3 is 2.57 bits per heavy atom. The smallest absolute Gasteiger partial charge is 0.270 e. The van der Waals surface area contributed by atoms with Crippen LogP contribution in [-0.2, 0) is 4.79 Å². The predicted octanol–water partition coefficient (Wildman–Crippen LogP) is 6.82. The first kappa shape index (κ1) is 22.8. The van der Waals surface area contributed by atoms with E-state index in [-0.39, 0.29) is 5.91 Å². The van der Waals surface area contributed by atoms with Crippen molar-refractivity contribution in [2.24, 2.45) is 0 Å². The molecule has 7 heteroatoms. The van der Waals surface area contributed by atoms with Crippen molar-refractivity contribution in [1.29, 1.82) is 0 Å². The van der Waals surface area contributed by atoms with Crippen molar-refractivity contribution >= 4 is 61.9 Å². The van der Waals surface area contributed by atoms with E-state index in [1.165, 1.54) is 24.6 Å². The Kier molecular flexibility index (Phi) is 8.36. The second kappa shape index (κ2) is 11.0. The number of halogens is 1. The standard InChI is InChI=1S/C23H24BrNO3S2/c1-3-4-5-6-13-28-19-12-7-16(14-20(19)27-2)15-21-22(26)25(23(29)30-21)18-10-8-17(24)9-11-18/h7-12,14-15H,3-6,13H2,1-2H3/b21-15-. The maximum Gasteiger partial charge on any atom is 0.270 e. The van der Waals surface area contributed by atoms with E-state index < -0.39 is 0 Å². The Balaban J connectivity index is 1.73. The number of carbonyl (C=O) groups excluding carboxylic acids is 1. The molecule has 0 spiro atoms. The number of hydrogen-bond donors (Lipinski definition) is 0. The van der Waals surface area contributed by atoms with Gasteiger partial charge in [-0.2, -0.15) is 0 Å². The molecule has 0 aromatic heterocycles.